The highest BCUT2D eigenvalue weighted by atomic mass is 32.2. The number of nitrogens with zero attached hydrogens (tertiary/aromatic N) is 2. The molecule has 3 rings (SSSR count). The van der Waals surface area contributed by atoms with Crippen LogP contribution in [0, 0.1) is 0 Å². The number of hydrogen-bond acceptors (Lipinski definition) is 8. The number of nitrogens with one attached hydrogen (secondary N) is 3. The molecule has 31 heavy (non-hydrogen) atoms. The Hall–Kier alpha value is -3.11. The molecule has 0 radical (unpaired) electrons. The number of benzene rings is 2. The van der Waals surface area contributed by atoms with Crippen LogP contribution in [0.25, 0.3) is 0 Å². The highest BCUT2D eigenvalue weighted by Crippen LogP contribution is 2.31. The molecule has 0 fully saturated rings. The van der Waals surface area contributed by atoms with Gasteiger partial charge in [-0.25, -0.2) is 0 Å². The van der Waals surface area contributed by atoms with Crippen LogP contribution in [0.2, 0.25) is 0 Å². The van der Waals surface area contributed by atoms with Crippen molar-refractivity contribution in [2.24, 2.45) is 0 Å². The van der Waals surface area contributed by atoms with Crippen LogP contribution in [0.4, 0.5) is 16.5 Å². The van der Waals surface area contributed by atoms with Gasteiger partial charge in [-0.05, 0) is 38.1 Å². The number of carbonyl (C=O) groups excluding carboxylic acids is 2. The first-order valence-electron chi connectivity index (χ1n) is 9.52. The van der Waals surface area contributed by atoms with E-state index in [-0.39, 0.29) is 23.6 Å². The maximum atomic E-state index is 12.4. The summed E-state index contributed by atoms with van der Waals surface area (Å²) in [5.74, 6) is 0.383. The molecule has 1 aromatic heterocycles. The van der Waals surface area contributed by atoms with Crippen LogP contribution in [0.3, 0.4) is 0 Å². The number of aromatic nitrogens is 2. The molecule has 162 valence electrons. The van der Waals surface area contributed by atoms with Crippen molar-refractivity contribution in [3.63, 3.8) is 0 Å². The third kappa shape index (κ3) is 6.43. The molecule has 2 aromatic carbocycles. The van der Waals surface area contributed by atoms with Gasteiger partial charge in [0.2, 0.25) is 11.0 Å². The van der Waals surface area contributed by atoms with Gasteiger partial charge in [0.1, 0.15) is 5.75 Å². The zero-order valence-electron chi connectivity index (χ0n) is 17.3. The fourth-order valence-corrected chi connectivity index (χ4v) is 4.19. The molecule has 8 nitrogen and oxygen atoms in total. The average Bonchev–Trinajstić information content (AvgIpc) is 3.20. The standard InChI is InChI=1S/C21H23N5O3S2/c1-13(2)22-19(28)14-8-4-5-9-15(14)23-18(27)12-30-21-26-25-20(31-21)24-16-10-6-7-11-17(16)29-3/h4-11,13H,12H2,1-3H3,(H,22,28)(H,23,27)(H,24,25). The first-order chi connectivity index (χ1) is 15.0. The van der Waals surface area contributed by atoms with Crippen molar-refractivity contribution < 1.29 is 14.3 Å². The Morgan fingerprint density at radius 3 is 2.52 bits per heavy atom. The second-order valence-electron chi connectivity index (χ2n) is 6.71. The SMILES string of the molecule is COc1ccccc1Nc1nnc(SCC(=O)Nc2ccccc2C(=O)NC(C)C)s1. The summed E-state index contributed by atoms with van der Waals surface area (Å²) in [4.78, 5) is 24.8. The topological polar surface area (TPSA) is 105 Å². The number of para-hydroxylation sites is 3. The fraction of sp³-hybridized carbons (Fsp3) is 0.238. The monoisotopic (exact) mass is 457 g/mol. The largest absolute Gasteiger partial charge is 0.495 e. The van der Waals surface area contributed by atoms with E-state index in [1.54, 1.807) is 31.4 Å². The predicted molar refractivity (Wildman–Crippen MR) is 125 cm³/mol. The van der Waals surface area contributed by atoms with E-state index in [0.717, 1.165) is 5.69 Å². The number of anilines is 3. The van der Waals surface area contributed by atoms with E-state index in [1.807, 2.05) is 38.1 Å². The predicted octanol–water partition coefficient (Wildman–Crippen LogP) is 4.16. The Morgan fingerprint density at radius 2 is 1.77 bits per heavy atom. The minimum atomic E-state index is -0.232. The van der Waals surface area contributed by atoms with Crippen LogP contribution < -0.4 is 20.7 Å². The van der Waals surface area contributed by atoms with Crippen molar-refractivity contribution >= 4 is 51.4 Å². The summed E-state index contributed by atoms with van der Waals surface area (Å²) in [5, 5.41) is 17.6. The Morgan fingerprint density at radius 1 is 1.06 bits per heavy atom. The number of carbonyl (C=O) groups is 2. The normalized spacial score (nSPS) is 10.6. The smallest absolute Gasteiger partial charge is 0.253 e. The van der Waals surface area contributed by atoms with E-state index in [0.29, 0.717) is 26.5 Å². The zero-order valence-corrected chi connectivity index (χ0v) is 19.0. The van der Waals surface area contributed by atoms with Gasteiger partial charge in [0.05, 0.1) is 29.8 Å². The number of methoxy groups -OCH3 is 1. The van der Waals surface area contributed by atoms with Gasteiger partial charge in [-0.2, -0.15) is 0 Å². The number of amides is 2. The average molecular weight is 458 g/mol. The molecule has 0 bridgehead atoms. The second kappa shape index (κ2) is 10.8. The lowest BCUT2D eigenvalue weighted by Gasteiger charge is -2.12. The van der Waals surface area contributed by atoms with Crippen molar-refractivity contribution in [3.8, 4) is 5.75 Å². The Labute approximate surface area is 188 Å². The third-order valence-electron chi connectivity index (χ3n) is 3.95. The molecule has 0 aliphatic rings. The van der Waals surface area contributed by atoms with Crippen molar-refractivity contribution in [2.75, 3.05) is 23.5 Å². The molecule has 0 aliphatic carbocycles. The minimum absolute atomic E-state index is 0.00266. The van der Waals surface area contributed by atoms with Crippen LogP contribution in [-0.4, -0.2) is 40.9 Å². The summed E-state index contributed by atoms with van der Waals surface area (Å²) >= 11 is 2.62. The van der Waals surface area contributed by atoms with Gasteiger partial charge in [0.15, 0.2) is 4.34 Å². The first kappa shape index (κ1) is 22.6. The highest BCUT2D eigenvalue weighted by molar-refractivity contribution is 8.01. The van der Waals surface area contributed by atoms with Gasteiger partial charge < -0.3 is 20.7 Å². The van der Waals surface area contributed by atoms with E-state index in [2.05, 4.69) is 26.1 Å². The second-order valence-corrected chi connectivity index (χ2v) is 8.91. The van der Waals surface area contributed by atoms with Crippen LogP contribution >= 0.6 is 23.1 Å². The van der Waals surface area contributed by atoms with Crippen molar-refractivity contribution in [1.29, 1.82) is 0 Å². The molecule has 3 aromatic rings. The highest BCUT2D eigenvalue weighted by Gasteiger charge is 2.15. The lowest BCUT2D eigenvalue weighted by atomic mass is 10.1. The van der Waals surface area contributed by atoms with Crippen LogP contribution in [-0.2, 0) is 4.79 Å². The Balaban J connectivity index is 1.57. The van der Waals surface area contributed by atoms with E-state index in [4.69, 9.17) is 4.74 Å². The summed E-state index contributed by atoms with van der Waals surface area (Å²) in [7, 11) is 1.60. The summed E-state index contributed by atoms with van der Waals surface area (Å²) in [6.07, 6.45) is 0. The maximum absolute atomic E-state index is 12.4. The molecule has 3 N–H and O–H groups in total. The van der Waals surface area contributed by atoms with Gasteiger partial charge in [-0.1, -0.05) is 47.4 Å². The number of rotatable bonds is 9. The summed E-state index contributed by atoms with van der Waals surface area (Å²) < 4.78 is 5.97. The summed E-state index contributed by atoms with van der Waals surface area (Å²) in [6, 6.07) is 14.4. The third-order valence-corrected chi connectivity index (χ3v) is 5.92. The van der Waals surface area contributed by atoms with Gasteiger partial charge in [-0.15, -0.1) is 10.2 Å². The lowest BCUT2D eigenvalue weighted by Crippen LogP contribution is -2.31. The lowest BCUT2D eigenvalue weighted by molar-refractivity contribution is -0.113. The molecule has 0 spiro atoms. The van der Waals surface area contributed by atoms with Crippen LogP contribution in [0.15, 0.2) is 52.9 Å². The molecule has 2 amide bonds. The van der Waals surface area contributed by atoms with Crippen molar-refractivity contribution in [3.05, 3.63) is 54.1 Å². The van der Waals surface area contributed by atoms with Crippen molar-refractivity contribution in [2.45, 2.75) is 24.2 Å². The van der Waals surface area contributed by atoms with Gasteiger partial charge in [0, 0.05) is 6.04 Å². The van der Waals surface area contributed by atoms with Crippen LogP contribution in [0.1, 0.15) is 24.2 Å². The van der Waals surface area contributed by atoms with Crippen LogP contribution in [0.5, 0.6) is 5.75 Å². The molecule has 10 heteroatoms. The summed E-state index contributed by atoms with van der Waals surface area (Å²) in [6.45, 7) is 3.77. The van der Waals surface area contributed by atoms with E-state index < -0.39 is 0 Å². The Bertz CT molecular complexity index is 1050. The zero-order chi connectivity index (χ0) is 22.2. The quantitative estimate of drug-likeness (QED) is 0.414. The summed E-state index contributed by atoms with van der Waals surface area (Å²) in [5.41, 5.74) is 1.68. The van der Waals surface area contributed by atoms with Gasteiger partial charge >= 0.3 is 0 Å². The van der Waals surface area contributed by atoms with E-state index in [9.17, 15) is 9.59 Å². The number of thioether (sulfide) groups is 1. The van der Waals surface area contributed by atoms with E-state index in [1.165, 1.54) is 23.1 Å². The molecular weight excluding hydrogens is 434 g/mol. The van der Waals surface area contributed by atoms with Gasteiger partial charge in [0.25, 0.3) is 5.91 Å². The number of hydrogen-bond donors (Lipinski definition) is 3. The molecule has 0 saturated heterocycles. The molecule has 0 atom stereocenters. The van der Waals surface area contributed by atoms with Crippen molar-refractivity contribution in [1.82, 2.24) is 15.5 Å². The maximum Gasteiger partial charge on any atom is 0.253 e. The van der Waals surface area contributed by atoms with Gasteiger partial charge in [-0.3, -0.25) is 9.59 Å². The van der Waals surface area contributed by atoms with E-state index >= 15 is 0 Å². The molecule has 1 heterocycles. The molecule has 0 aliphatic heterocycles. The molecule has 0 saturated carbocycles. The minimum Gasteiger partial charge on any atom is -0.495 e. The Kier molecular flexibility index (Phi) is 7.85. The number of ether oxygens (including phenoxy) is 1. The fourth-order valence-electron chi connectivity index (χ4n) is 2.63. The molecular formula is C21H23N5O3S2. The first-order valence-corrected chi connectivity index (χ1v) is 11.3. The molecule has 0 unspecified atom stereocenters.